The van der Waals surface area contributed by atoms with E-state index in [4.69, 9.17) is 25.0 Å². The van der Waals surface area contributed by atoms with Crippen LogP contribution >= 0.6 is 7.60 Å². The van der Waals surface area contributed by atoms with Gasteiger partial charge >= 0.3 is 7.60 Å². The summed E-state index contributed by atoms with van der Waals surface area (Å²) in [6, 6.07) is 6.21. The van der Waals surface area contributed by atoms with Crippen molar-refractivity contribution < 1.29 is 39.1 Å². The van der Waals surface area contributed by atoms with E-state index in [1.54, 1.807) is 12.1 Å². The molecule has 0 aromatic heterocycles. The Hall–Kier alpha value is -1.19. The molecule has 130 valence electrons. The van der Waals surface area contributed by atoms with Crippen LogP contribution in [0.15, 0.2) is 24.3 Å². The molecule has 5 atom stereocenters. The van der Waals surface area contributed by atoms with Crippen LogP contribution in [-0.2, 0) is 9.30 Å². The number of aliphatic hydroxyl groups excluding tert-OH is 3. The Kier molecular flexibility index (Phi) is 5.64. The van der Waals surface area contributed by atoms with Crippen molar-refractivity contribution in [1.29, 1.82) is 0 Å². The normalized spacial score (nSPS) is 31.8. The second kappa shape index (κ2) is 7.14. The third kappa shape index (κ3) is 4.89. The molecule has 1 aromatic rings. The fraction of sp³-hybridized carbons (Fsp3) is 0.538. The zero-order valence-corrected chi connectivity index (χ0v) is 13.0. The van der Waals surface area contributed by atoms with Gasteiger partial charge in [-0.1, -0.05) is 0 Å². The van der Waals surface area contributed by atoms with Crippen LogP contribution in [0.2, 0.25) is 0 Å². The first-order chi connectivity index (χ1) is 10.7. The van der Waals surface area contributed by atoms with E-state index in [1.165, 1.54) is 12.1 Å². The highest BCUT2D eigenvalue weighted by molar-refractivity contribution is 7.51. The summed E-state index contributed by atoms with van der Waals surface area (Å²) in [7, 11) is -4.28. The molecule has 1 saturated heterocycles. The van der Waals surface area contributed by atoms with E-state index in [1.807, 2.05) is 0 Å². The van der Waals surface area contributed by atoms with Crippen LogP contribution in [0.4, 0.5) is 5.69 Å². The van der Waals surface area contributed by atoms with Crippen LogP contribution in [0.5, 0.6) is 5.75 Å². The number of hydrogen-bond donors (Lipinski definition) is 6. The smallest absolute Gasteiger partial charge is 0.325 e. The number of nitrogen functional groups attached to an aromatic ring is 1. The van der Waals surface area contributed by atoms with Crippen molar-refractivity contribution in [2.75, 3.05) is 11.9 Å². The highest BCUT2D eigenvalue weighted by atomic mass is 31.2. The summed E-state index contributed by atoms with van der Waals surface area (Å²) in [5, 5.41) is 29.7. The van der Waals surface area contributed by atoms with E-state index >= 15 is 0 Å². The second-order valence-corrected chi connectivity index (χ2v) is 7.16. The lowest BCUT2D eigenvalue weighted by atomic mass is 9.97. The van der Waals surface area contributed by atoms with E-state index in [0.29, 0.717) is 11.4 Å². The zero-order valence-electron chi connectivity index (χ0n) is 12.1. The molecule has 1 fully saturated rings. The third-order valence-corrected chi connectivity index (χ3v) is 4.35. The lowest BCUT2D eigenvalue weighted by molar-refractivity contribution is -0.272. The molecule has 0 aliphatic carbocycles. The van der Waals surface area contributed by atoms with Gasteiger partial charge in [0.05, 0.1) is 12.3 Å². The maximum Gasteiger partial charge on any atom is 0.325 e. The summed E-state index contributed by atoms with van der Waals surface area (Å²) < 4.78 is 21.7. The van der Waals surface area contributed by atoms with Crippen LogP contribution in [0.3, 0.4) is 0 Å². The summed E-state index contributed by atoms with van der Waals surface area (Å²) in [5.74, 6) is 0.320. The standard InChI is InChI=1S/C13H20NO8P/c14-7-1-3-8(4-2-7)21-13-12(17)11(16)10(15)9(22-13)5-6-23(18,19)20/h1-4,9-13,15-17H,5-6,14H2,(H2,18,19,20)/t9-,10-,11?,12?,13+/m1/s1. The van der Waals surface area contributed by atoms with Crippen LogP contribution in [0, 0.1) is 0 Å². The van der Waals surface area contributed by atoms with E-state index in [9.17, 15) is 19.9 Å². The molecule has 0 radical (unpaired) electrons. The van der Waals surface area contributed by atoms with Crippen LogP contribution in [-0.4, -0.2) is 62.0 Å². The summed E-state index contributed by atoms with van der Waals surface area (Å²) in [6.45, 7) is 0. The Balaban J connectivity index is 2.06. The quantitative estimate of drug-likeness (QED) is 0.290. The first kappa shape index (κ1) is 18.2. The lowest BCUT2D eigenvalue weighted by Crippen LogP contribution is -2.59. The number of benzene rings is 1. The van der Waals surface area contributed by atoms with E-state index in [0.717, 1.165) is 0 Å². The van der Waals surface area contributed by atoms with Crippen LogP contribution in [0.25, 0.3) is 0 Å². The number of hydrogen-bond acceptors (Lipinski definition) is 7. The molecular formula is C13H20NO8P. The molecule has 9 nitrogen and oxygen atoms in total. The minimum Gasteiger partial charge on any atom is -0.462 e. The Bertz CT molecular complexity index is 562. The Morgan fingerprint density at radius 1 is 1.09 bits per heavy atom. The van der Waals surface area contributed by atoms with Crippen molar-refractivity contribution >= 4 is 13.3 Å². The second-order valence-electron chi connectivity index (χ2n) is 5.38. The minimum atomic E-state index is -4.28. The van der Waals surface area contributed by atoms with Gasteiger partial charge in [-0.25, -0.2) is 0 Å². The number of ether oxygens (including phenoxy) is 2. The molecule has 10 heteroatoms. The van der Waals surface area contributed by atoms with E-state index in [-0.39, 0.29) is 6.42 Å². The lowest BCUT2D eigenvalue weighted by Gasteiger charge is -2.40. The molecule has 0 saturated carbocycles. The van der Waals surface area contributed by atoms with Gasteiger partial charge in [-0.05, 0) is 30.7 Å². The van der Waals surface area contributed by atoms with Crippen molar-refractivity contribution in [3.63, 3.8) is 0 Å². The van der Waals surface area contributed by atoms with Crippen molar-refractivity contribution in [3.8, 4) is 5.75 Å². The Labute approximate surface area is 132 Å². The SMILES string of the molecule is Nc1ccc(O[C@H]2O[C@H](CCP(=O)(O)O)[C@@H](O)C(O)C2O)cc1. The van der Waals surface area contributed by atoms with Gasteiger partial charge in [-0.3, -0.25) is 4.57 Å². The number of aliphatic hydroxyl groups is 3. The largest absolute Gasteiger partial charge is 0.462 e. The van der Waals surface area contributed by atoms with E-state index < -0.39 is 44.5 Å². The van der Waals surface area contributed by atoms with Gasteiger partial charge in [0.2, 0.25) is 6.29 Å². The zero-order chi connectivity index (χ0) is 17.2. The molecule has 1 aromatic carbocycles. The summed E-state index contributed by atoms with van der Waals surface area (Å²) in [5.41, 5.74) is 6.06. The average molecular weight is 349 g/mol. The Morgan fingerprint density at radius 3 is 2.26 bits per heavy atom. The molecule has 2 rings (SSSR count). The fourth-order valence-electron chi connectivity index (χ4n) is 2.23. The van der Waals surface area contributed by atoms with Gasteiger partial charge in [0, 0.05) is 5.69 Å². The molecule has 1 aliphatic heterocycles. The molecule has 0 spiro atoms. The first-order valence-electron chi connectivity index (χ1n) is 6.94. The van der Waals surface area contributed by atoms with Crippen molar-refractivity contribution in [2.24, 2.45) is 0 Å². The fourth-order valence-corrected chi connectivity index (χ4v) is 2.82. The highest BCUT2D eigenvalue weighted by Gasteiger charge is 2.45. The van der Waals surface area contributed by atoms with Crippen molar-refractivity contribution in [2.45, 2.75) is 37.1 Å². The molecule has 0 bridgehead atoms. The maximum atomic E-state index is 10.9. The van der Waals surface area contributed by atoms with E-state index in [2.05, 4.69) is 0 Å². The van der Waals surface area contributed by atoms with Gasteiger partial charge < -0.3 is 40.3 Å². The molecule has 1 aliphatic rings. The first-order valence-corrected chi connectivity index (χ1v) is 8.73. The molecule has 2 unspecified atom stereocenters. The minimum absolute atomic E-state index is 0.198. The van der Waals surface area contributed by atoms with Crippen molar-refractivity contribution in [3.05, 3.63) is 24.3 Å². The monoisotopic (exact) mass is 349 g/mol. The highest BCUT2D eigenvalue weighted by Crippen LogP contribution is 2.37. The molecule has 0 amide bonds. The molecular weight excluding hydrogens is 329 g/mol. The van der Waals surface area contributed by atoms with Gasteiger partial charge in [0.15, 0.2) is 0 Å². The van der Waals surface area contributed by atoms with Gasteiger partial charge in [0.25, 0.3) is 0 Å². The Morgan fingerprint density at radius 2 is 1.70 bits per heavy atom. The third-order valence-electron chi connectivity index (χ3n) is 3.51. The van der Waals surface area contributed by atoms with Crippen LogP contribution in [0.1, 0.15) is 6.42 Å². The summed E-state index contributed by atoms with van der Waals surface area (Å²) in [4.78, 5) is 17.8. The average Bonchev–Trinajstić information content (AvgIpc) is 2.48. The maximum absolute atomic E-state index is 10.9. The summed E-state index contributed by atoms with van der Waals surface area (Å²) >= 11 is 0. The predicted octanol–water partition coefficient (Wildman–Crippen LogP) is -0.977. The number of anilines is 1. The predicted molar refractivity (Wildman–Crippen MR) is 79.7 cm³/mol. The van der Waals surface area contributed by atoms with Gasteiger partial charge in [0.1, 0.15) is 24.1 Å². The number of nitrogens with two attached hydrogens (primary N) is 1. The van der Waals surface area contributed by atoms with Gasteiger partial charge in [-0.15, -0.1) is 0 Å². The van der Waals surface area contributed by atoms with Crippen LogP contribution < -0.4 is 10.5 Å². The molecule has 23 heavy (non-hydrogen) atoms. The molecule has 1 heterocycles. The number of rotatable bonds is 5. The summed E-state index contributed by atoms with van der Waals surface area (Å²) in [6.07, 6.45) is -7.66. The topological polar surface area (TPSA) is 163 Å². The molecule has 7 N–H and O–H groups in total. The van der Waals surface area contributed by atoms with Crippen molar-refractivity contribution in [1.82, 2.24) is 0 Å². The van der Waals surface area contributed by atoms with Gasteiger partial charge in [-0.2, -0.15) is 0 Å².